The Hall–Kier alpha value is -0.900. The van der Waals surface area contributed by atoms with Gasteiger partial charge in [-0.3, -0.25) is 0 Å². The van der Waals surface area contributed by atoms with Gasteiger partial charge in [0, 0.05) is 22.9 Å². The largest absolute Gasteiger partial charge is 0.312 e. The van der Waals surface area contributed by atoms with E-state index in [1.165, 1.54) is 15.4 Å². The van der Waals surface area contributed by atoms with E-state index in [0.717, 1.165) is 30.2 Å². The summed E-state index contributed by atoms with van der Waals surface area (Å²) in [6, 6.07) is 7.97. The van der Waals surface area contributed by atoms with Gasteiger partial charge in [0.25, 0.3) is 0 Å². The minimum Gasteiger partial charge on any atom is -0.312 e. The zero-order valence-electron chi connectivity index (χ0n) is 10.7. The summed E-state index contributed by atoms with van der Waals surface area (Å²) >= 11 is 7.67. The molecule has 2 aromatic rings. The van der Waals surface area contributed by atoms with Crippen molar-refractivity contribution in [3.63, 3.8) is 0 Å². The maximum atomic E-state index is 5.88. The molecular weight excluding hydrogens is 264 g/mol. The number of rotatable bonds is 5. The summed E-state index contributed by atoms with van der Waals surface area (Å²) < 4.78 is 0. The van der Waals surface area contributed by atoms with Gasteiger partial charge >= 0.3 is 0 Å². The zero-order chi connectivity index (χ0) is 13.0. The first-order chi connectivity index (χ1) is 8.69. The zero-order valence-corrected chi connectivity index (χ0v) is 12.2. The SMILES string of the molecule is CCNCc1sc(Cc2ccc(Cl)cc2)nc1C. The van der Waals surface area contributed by atoms with Crippen LogP contribution in [0, 0.1) is 6.92 Å². The van der Waals surface area contributed by atoms with Crippen LogP contribution in [0.2, 0.25) is 5.02 Å². The molecule has 0 atom stereocenters. The smallest absolute Gasteiger partial charge is 0.0975 e. The number of hydrogen-bond acceptors (Lipinski definition) is 3. The summed E-state index contributed by atoms with van der Waals surface area (Å²) in [5, 5.41) is 5.29. The van der Waals surface area contributed by atoms with Gasteiger partial charge in [0.15, 0.2) is 0 Å². The van der Waals surface area contributed by atoms with Crippen LogP contribution >= 0.6 is 22.9 Å². The van der Waals surface area contributed by atoms with Gasteiger partial charge in [-0.15, -0.1) is 11.3 Å². The molecule has 0 saturated heterocycles. The third kappa shape index (κ3) is 3.55. The van der Waals surface area contributed by atoms with Gasteiger partial charge in [0.05, 0.1) is 10.7 Å². The Morgan fingerprint density at radius 3 is 2.67 bits per heavy atom. The summed E-state index contributed by atoms with van der Waals surface area (Å²) in [5.41, 5.74) is 2.40. The highest BCUT2D eigenvalue weighted by Gasteiger charge is 2.07. The highest BCUT2D eigenvalue weighted by Crippen LogP contribution is 2.21. The normalized spacial score (nSPS) is 10.8. The summed E-state index contributed by atoms with van der Waals surface area (Å²) in [7, 11) is 0. The summed E-state index contributed by atoms with van der Waals surface area (Å²) in [6.45, 7) is 6.10. The molecule has 4 heteroatoms. The molecule has 0 amide bonds. The maximum Gasteiger partial charge on any atom is 0.0975 e. The van der Waals surface area contributed by atoms with E-state index in [0.29, 0.717) is 0 Å². The molecule has 1 aromatic carbocycles. The minimum atomic E-state index is 0.780. The van der Waals surface area contributed by atoms with Crippen LogP contribution in [0.15, 0.2) is 24.3 Å². The first-order valence-corrected chi connectivity index (χ1v) is 7.29. The molecule has 0 spiro atoms. The predicted molar refractivity (Wildman–Crippen MR) is 78.5 cm³/mol. The number of aryl methyl sites for hydroxylation is 1. The molecule has 0 aliphatic carbocycles. The van der Waals surface area contributed by atoms with E-state index < -0.39 is 0 Å². The van der Waals surface area contributed by atoms with Crippen molar-refractivity contribution >= 4 is 22.9 Å². The number of benzene rings is 1. The van der Waals surface area contributed by atoms with Crippen molar-refractivity contribution in [2.24, 2.45) is 0 Å². The fourth-order valence-corrected chi connectivity index (χ4v) is 2.94. The quantitative estimate of drug-likeness (QED) is 0.901. The highest BCUT2D eigenvalue weighted by atomic mass is 35.5. The van der Waals surface area contributed by atoms with Gasteiger partial charge in [-0.1, -0.05) is 30.7 Å². The number of halogens is 1. The molecule has 0 unspecified atom stereocenters. The molecule has 96 valence electrons. The van der Waals surface area contributed by atoms with E-state index in [2.05, 4.69) is 36.3 Å². The van der Waals surface area contributed by atoms with Crippen molar-refractivity contribution in [2.75, 3.05) is 6.54 Å². The molecule has 1 aromatic heterocycles. The molecule has 0 radical (unpaired) electrons. The van der Waals surface area contributed by atoms with Crippen molar-refractivity contribution in [1.82, 2.24) is 10.3 Å². The summed E-state index contributed by atoms with van der Waals surface area (Å²) in [4.78, 5) is 5.96. The lowest BCUT2D eigenvalue weighted by Crippen LogP contribution is -2.11. The lowest BCUT2D eigenvalue weighted by atomic mass is 10.2. The Morgan fingerprint density at radius 2 is 2.00 bits per heavy atom. The first kappa shape index (κ1) is 13.5. The van der Waals surface area contributed by atoms with E-state index in [1.807, 2.05) is 12.1 Å². The van der Waals surface area contributed by atoms with Crippen molar-refractivity contribution in [2.45, 2.75) is 26.8 Å². The molecule has 0 aliphatic rings. The van der Waals surface area contributed by atoms with Crippen molar-refractivity contribution in [3.8, 4) is 0 Å². The number of nitrogens with one attached hydrogen (secondary N) is 1. The number of thiazole rings is 1. The average molecular weight is 281 g/mol. The average Bonchev–Trinajstić information content (AvgIpc) is 2.70. The third-order valence-electron chi connectivity index (χ3n) is 2.74. The lowest BCUT2D eigenvalue weighted by Gasteiger charge is -1.98. The highest BCUT2D eigenvalue weighted by molar-refractivity contribution is 7.11. The molecule has 1 N–H and O–H groups in total. The Balaban J connectivity index is 2.07. The van der Waals surface area contributed by atoms with Crippen LogP contribution in [-0.4, -0.2) is 11.5 Å². The second-order valence-electron chi connectivity index (χ2n) is 4.20. The molecule has 2 nitrogen and oxygen atoms in total. The minimum absolute atomic E-state index is 0.780. The van der Waals surface area contributed by atoms with Gasteiger partial charge in [-0.05, 0) is 31.2 Å². The molecule has 18 heavy (non-hydrogen) atoms. The molecule has 0 saturated carbocycles. The van der Waals surface area contributed by atoms with E-state index in [-0.39, 0.29) is 0 Å². The molecule has 2 rings (SSSR count). The van der Waals surface area contributed by atoms with Gasteiger partial charge in [0.1, 0.15) is 0 Å². The van der Waals surface area contributed by atoms with Gasteiger partial charge < -0.3 is 5.32 Å². The van der Waals surface area contributed by atoms with E-state index >= 15 is 0 Å². The molecule has 0 aliphatic heterocycles. The van der Waals surface area contributed by atoms with Crippen molar-refractivity contribution < 1.29 is 0 Å². The summed E-state index contributed by atoms with van der Waals surface area (Å²) in [6.07, 6.45) is 0.884. The second kappa shape index (κ2) is 6.32. The van der Waals surface area contributed by atoms with Crippen LogP contribution in [0.5, 0.6) is 0 Å². The number of nitrogens with zero attached hydrogens (tertiary/aromatic N) is 1. The topological polar surface area (TPSA) is 24.9 Å². The fraction of sp³-hybridized carbons (Fsp3) is 0.357. The van der Waals surface area contributed by atoms with Gasteiger partial charge in [-0.25, -0.2) is 4.98 Å². The van der Waals surface area contributed by atoms with E-state index in [1.54, 1.807) is 11.3 Å². The maximum absolute atomic E-state index is 5.88. The van der Waals surface area contributed by atoms with Crippen LogP contribution in [0.3, 0.4) is 0 Å². The number of hydrogen-bond donors (Lipinski definition) is 1. The summed E-state index contributed by atoms with van der Waals surface area (Å²) in [5.74, 6) is 0. The monoisotopic (exact) mass is 280 g/mol. The van der Waals surface area contributed by atoms with Crippen LogP contribution in [0.25, 0.3) is 0 Å². The predicted octanol–water partition coefficient (Wildman–Crippen LogP) is 3.81. The molecule has 0 fully saturated rings. The van der Waals surface area contributed by atoms with Crippen LogP contribution in [-0.2, 0) is 13.0 Å². The van der Waals surface area contributed by atoms with Crippen LogP contribution in [0.1, 0.15) is 28.1 Å². The fourth-order valence-electron chi connectivity index (χ4n) is 1.74. The molecule has 0 bridgehead atoms. The second-order valence-corrected chi connectivity index (χ2v) is 5.80. The van der Waals surface area contributed by atoms with Crippen molar-refractivity contribution in [1.29, 1.82) is 0 Å². The first-order valence-electron chi connectivity index (χ1n) is 6.09. The lowest BCUT2D eigenvalue weighted by molar-refractivity contribution is 0.731. The number of aromatic nitrogens is 1. The standard InChI is InChI=1S/C14H17ClN2S/c1-3-16-9-13-10(2)17-14(18-13)8-11-4-6-12(15)7-5-11/h4-7,16H,3,8-9H2,1-2H3. The Bertz CT molecular complexity index is 505. The van der Waals surface area contributed by atoms with Gasteiger partial charge in [-0.2, -0.15) is 0 Å². The molecule has 1 heterocycles. The Morgan fingerprint density at radius 1 is 1.28 bits per heavy atom. The van der Waals surface area contributed by atoms with Crippen molar-refractivity contribution in [3.05, 3.63) is 50.4 Å². The Labute approximate surface area is 117 Å². The van der Waals surface area contributed by atoms with Gasteiger partial charge in [0.2, 0.25) is 0 Å². The van der Waals surface area contributed by atoms with E-state index in [9.17, 15) is 0 Å². The Kier molecular flexibility index (Phi) is 4.75. The van der Waals surface area contributed by atoms with Crippen LogP contribution in [0.4, 0.5) is 0 Å². The van der Waals surface area contributed by atoms with E-state index in [4.69, 9.17) is 11.6 Å². The third-order valence-corrected chi connectivity index (χ3v) is 4.15. The molecular formula is C14H17ClN2S. The van der Waals surface area contributed by atoms with Crippen LogP contribution < -0.4 is 5.32 Å².